The maximum Gasteiger partial charge on any atom is 0.257 e. The maximum absolute atomic E-state index is 13.0. The molecule has 1 aromatic heterocycles. The molecule has 0 saturated heterocycles. The van der Waals surface area contributed by atoms with E-state index in [1.54, 1.807) is 13.2 Å². The summed E-state index contributed by atoms with van der Waals surface area (Å²) in [4.78, 5) is 32.8. The third-order valence-electron chi connectivity index (χ3n) is 4.96. The largest absolute Gasteiger partial charge is 0.493 e. The fraction of sp³-hybridized carbons (Fsp3) is 0.227. The van der Waals surface area contributed by atoms with E-state index in [0.717, 1.165) is 5.56 Å². The van der Waals surface area contributed by atoms with Crippen LogP contribution >= 0.6 is 11.8 Å². The minimum atomic E-state index is -0.483. The number of fused-ring (bicyclic) bond motifs is 1. The van der Waals surface area contributed by atoms with Crippen molar-refractivity contribution in [1.82, 2.24) is 9.97 Å². The van der Waals surface area contributed by atoms with Crippen LogP contribution in [-0.4, -0.2) is 30.1 Å². The van der Waals surface area contributed by atoms with Gasteiger partial charge in [0.1, 0.15) is 5.82 Å². The van der Waals surface area contributed by atoms with Gasteiger partial charge in [0.15, 0.2) is 16.7 Å². The second kappa shape index (κ2) is 8.62. The molecule has 154 valence electrons. The van der Waals surface area contributed by atoms with Crippen LogP contribution in [0.25, 0.3) is 0 Å². The number of ether oxygens (including phenoxy) is 2. The molecule has 0 bridgehead atoms. The summed E-state index contributed by atoms with van der Waals surface area (Å²) < 4.78 is 10.9. The zero-order valence-corrected chi connectivity index (χ0v) is 17.4. The highest BCUT2D eigenvalue weighted by Gasteiger charge is 2.33. The standard InChI is InChI=1S/C22H21N3O4S/c1-28-16-10-6-9-14(19(16)29-2)15-11-17(26)23-20-18(15)21(27)25-22(24-20)30-12-13-7-4-3-5-8-13/h3-10,15H,11-12H2,1-2H3,(H2,23,24,25,26,27)/t15-/m1/s1. The maximum atomic E-state index is 13.0. The van der Waals surface area contributed by atoms with Crippen LogP contribution in [0, 0.1) is 0 Å². The van der Waals surface area contributed by atoms with Crippen LogP contribution in [0.1, 0.15) is 29.0 Å². The molecule has 2 N–H and O–H groups in total. The van der Waals surface area contributed by atoms with Crippen molar-refractivity contribution < 1.29 is 14.3 Å². The lowest BCUT2D eigenvalue weighted by Gasteiger charge is -2.26. The lowest BCUT2D eigenvalue weighted by Crippen LogP contribution is -2.31. The quantitative estimate of drug-likeness (QED) is 0.465. The average Bonchev–Trinajstić information content (AvgIpc) is 2.76. The number of H-pyrrole nitrogens is 1. The number of hydrogen-bond donors (Lipinski definition) is 2. The van der Waals surface area contributed by atoms with Crippen LogP contribution in [-0.2, 0) is 10.5 Å². The van der Waals surface area contributed by atoms with Crippen molar-refractivity contribution in [3.63, 3.8) is 0 Å². The molecule has 0 spiro atoms. The van der Waals surface area contributed by atoms with Crippen molar-refractivity contribution in [3.8, 4) is 11.5 Å². The van der Waals surface area contributed by atoms with E-state index in [-0.39, 0.29) is 17.9 Å². The van der Waals surface area contributed by atoms with Crippen LogP contribution in [0.5, 0.6) is 11.5 Å². The minimum absolute atomic E-state index is 0.123. The molecule has 2 aromatic carbocycles. The second-order valence-corrected chi connectivity index (χ2v) is 7.76. The number of aromatic nitrogens is 2. The molecule has 0 unspecified atom stereocenters. The van der Waals surface area contributed by atoms with Gasteiger partial charge in [-0.2, -0.15) is 0 Å². The number of para-hydroxylation sites is 1. The van der Waals surface area contributed by atoms with Crippen LogP contribution in [0.4, 0.5) is 5.82 Å². The van der Waals surface area contributed by atoms with Gasteiger partial charge < -0.3 is 19.8 Å². The number of rotatable bonds is 6. The molecule has 0 radical (unpaired) electrons. The highest BCUT2D eigenvalue weighted by atomic mass is 32.2. The first-order valence-electron chi connectivity index (χ1n) is 9.42. The monoisotopic (exact) mass is 423 g/mol. The Morgan fingerprint density at radius 2 is 1.87 bits per heavy atom. The molecule has 7 nitrogen and oxygen atoms in total. The Morgan fingerprint density at radius 1 is 1.07 bits per heavy atom. The van der Waals surface area contributed by atoms with Crippen LogP contribution in [0.3, 0.4) is 0 Å². The van der Waals surface area contributed by atoms with E-state index in [1.807, 2.05) is 42.5 Å². The van der Waals surface area contributed by atoms with Crippen LogP contribution < -0.4 is 20.3 Å². The molecule has 1 amide bonds. The Kier molecular flexibility index (Phi) is 5.76. The lowest BCUT2D eigenvalue weighted by atomic mass is 9.86. The summed E-state index contributed by atoms with van der Waals surface area (Å²) in [5.74, 6) is 1.32. The van der Waals surface area contributed by atoms with Crippen molar-refractivity contribution in [2.45, 2.75) is 23.2 Å². The zero-order chi connectivity index (χ0) is 21.1. The van der Waals surface area contributed by atoms with Crippen molar-refractivity contribution in [1.29, 1.82) is 0 Å². The number of aromatic amines is 1. The van der Waals surface area contributed by atoms with E-state index in [1.165, 1.54) is 18.9 Å². The van der Waals surface area contributed by atoms with Crippen molar-refractivity contribution >= 4 is 23.5 Å². The summed E-state index contributed by atoms with van der Waals surface area (Å²) in [6, 6.07) is 15.3. The molecule has 30 heavy (non-hydrogen) atoms. The summed E-state index contributed by atoms with van der Waals surface area (Å²) in [7, 11) is 3.09. The molecule has 8 heteroatoms. The number of methoxy groups -OCH3 is 2. The van der Waals surface area contributed by atoms with E-state index in [2.05, 4.69) is 15.3 Å². The normalized spacial score (nSPS) is 15.3. The molecule has 1 aliphatic heterocycles. The number of benzene rings is 2. The van der Waals surface area contributed by atoms with E-state index in [4.69, 9.17) is 9.47 Å². The third-order valence-corrected chi connectivity index (χ3v) is 5.90. The minimum Gasteiger partial charge on any atom is -0.493 e. The molecule has 2 heterocycles. The van der Waals surface area contributed by atoms with E-state index >= 15 is 0 Å². The molecule has 3 aromatic rings. The number of hydrogen-bond acceptors (Lipinski definition) is 6. The molecule has 4 rings (SSSR count). The lowest BCUT2D eigenvalue weighted by molar-refractivity contribution is -0.116. The third kappa shape index (κ3) is 3.91. The van der Waals surface area contributed by atoms with Gasteiger partial charge in [0.2, 0.25) is 5.91 Å². The Bertz CT molecular complexity index is 1130. The summed E-state index contributed by atoms with van der Waals surface area (Å²) >= 11 is 1.41. The van der Waals surface area contributed by atoms with Crippen molar-refractivity contribution in [2.24, 2.45) is 0 Å². The fourth-order valence-corrected chi connectivity index (χ4v) is 4.41. The summed E-state index contributed by atoms with van der Waals surface area (Å²) in [5.41, 5.74) is 1.98. The van der Waals surface area contributed by atoms with Gasteiger partial charge in [-0.3, -0.25) is 9.59 Å². The zero-order valence-electron chi connectivity index (χ0n) is 16.6. The predicted molar refractivity (Wildman–Crippen MR) is 115 cm³/mol. The Labute approximate surface area is 177 Å². The first-order valence-corrected chi connectivity index (χ1v) is 10.4. The van der Waals surface area contributed by atoms with Crippen molar-refractivity contribution in [3.05, 3.63) is 75.6 Å². The van der Waals surface area contributed by atoms with Gasteiger partial charge in [-0.05, 0) is 11.6 Å². The number of thioether (sulfide) groups is 1. The number of amides is 1. The predicted octanol–water partition coefficient (Wildman–Crippen LogP) is 3.55. The number of carbonyl (C=O) groups excluding carboxylic acids is 1. The number of carbonyl (C=O) groups is 1. The van der Waals surface area contributed by atoms with Gasteiger partial charge >= 0.3 is 0 Å². The van der Waals surface area contributed by atoms with Gasteiger partial charge in [0.25, 0.3) is 5.56 Å². The highest BCUT2D eigenvalue weighted by molar-refractivity contribution is 7.98. The average molecular weight is 423 g/mol. The number of nitrogens with one attached hydrogen (secondary N) is 2. The Hall–Kier alpha value is -3.26. The molecular weight excluding hydrogens is 402 g/mol. The smallest absolute Gasteiger partial charge is 0.257 e. The molecule has 1 aliphatic rings. The van der Waals surface area contributed by atoms with E-state index in [0.29, 0.717) is 39.4 Å². The first-order chi connectivity index (χ1) is 14.6. The molecule has 0 fully saturated rings. The molecule has 0 saturated carbocycles. The molecule has 1 atom stereocenters. The number of anilines is 1. The van der Waals surface area contributed by atoms with Crippen molar-refractivity contribution in [2.75, 3.05) is 19.5 Å². The molecule has 0 aliphatic carbocycles. The number of nitrogens with zero attached hydrogens (tertiary/aromatic N) is 1. The van der Waals surface area contributed by atoms with E-state index in [9.17, 15) is 9.59 Å². The first kappa shape index (κ1) is 20.0. The summed E-state index contributed by atoms with van der Waals surface area (Å²) in [6.07, 6.45) is 0.123. The Balaban J connectivity index is 1.72. The van der Waals surface area contributed by atoms with Gasteiger partial charge in [-0.25, -0.2) is 4.98 Å². The highest BCUT2D eigenvalue weighted by Crippen LogP contribution is 2.42. The molecular formula is C22H21N3O4S. The second-order valence-electron chi connectivity index (χ2n) is 6.80. The SMILES string of the molecule is COc1cccc([C@H]2CC(=O)Nc3nc(SCc4ccccc4)[nH]c(=O)c32)c1OC. The van der Waals surface area contributed by atoms with E-state index < -0.39 is 5.92 Å². The van der Waals surface area contributed by atoms with Gasteiger partial charge in [0, 0.05) is 23.7 Å². The fourth-order valence-electron chi connectivity index (χ4n) is 3.60. The van der Waals surface area contributed by atoms with Crippen LogP contribution in [0.15, 0.2) is 58.5 Å². The topological polar surface area (TPSA) is 93.3 Å². The summed E-state index contributed by atoms with van der Waals surface area (Å²) in [5, 5.41) is 3.21. The van der Waals surface area contributed by atoms with Crippen LogP contribution in [0.2, 0.25) is 0 Å². The van der Waals surface area contributed by atoms with Gasteiger partial charge in [-0.15, -0.1) is 0 Å². The van der Waals surface area contributed by atoms with Gasteiger partial charge in [-0.1, -0.05) is 54.2 Å². The Morgan fingerprint density at radius 3 is 2.60 bits per heavy atom. The summed E-state index contributed by atoms with van der Waals surface area (Å²) in [6.45, 7) is 0. The van der Waals surface area contributed by atoms with Gasteiger partial charge in [0.05, 0.1) is 19.8 Å².